The van der Waals surface area contributed by atoms with Crippen LogP contribution >= 0.6 is 11.8 Å². The van der Waals surface area contributed by atoms with Crippen LogP contribution in [0.3, 0.4) is 0 Å². The number of thioether (sulfide) groups is 1. The van der Waals surface area contributed by atoms with Gasteiger partial charge in [0.15, 0.2) is 0 Å². The van der Waals surface area contributed by atoms with E-state index in [1.54, 1.807) is 0 Å². The summed E-state index contributed by atoms with van der Waals surface area (Å²) in [5, 5.41) is 12.9. The van der Waals surface area contributed by atoms with Gasteiger partial charge in [-0.25, -0.2) is 0 Å². The van der Waals surface area contributed by atoms with Crippen molar-refractivity contribution in [1.82, 2.24) is 5.32 Å². The molecule has 0 radical (unpaired) electrons. The number of aliphatic hydroxyl groups is 1. The second kappa shape index (κ2) is 5.23. The third-order valence-electron chi connectivity index (χ3n) is 3.24. The first kappa shape index (κ1) is 11.3. The molecule has 0 aliphatic carbocycles. The molecule has 0 bridgehead atoms. The largest absolute Gasteiger partial charge is 0.396 e. The van der Waals surface area contributed by atoms with Crippen LogP contribution in [0.25, 0.3) is 0 Å². The third kappa shape index (κ3) is 2.86. The molecule has 0 aromatic carbocycles. The van der Waals surface area contributed by atoms with Gasteiger partial charge in [0.05, 0.1) is 0 Å². The molecule has 1 aliphatic heterocycles. The van der Waals surface area contributed by atoms with E-state index in [1.165, 1.54) is 11.5 Å². The first-order chi connectivity index (χ1) is 6.26. The average Bonchev–Trinajstić information content (AvgIpc) is 2.11. The zero-order valence-corrected chi connectivity index (χ0v) is 9.49. The Kier molecular flexibility index (Phi) is 4.56. The average molecular weight is 203 g/mol. The number of aliphatic hydroxyl groups excluding tert-OH is 1. The highest BCUT2D eigenvalue weighted by atomic mass is 32.2. The summed E-state index contributed by atoms with van der Waals surface area (Å²) in [6.45, 7) is 5.61. The smallest absolute Gasteiger partial charge is 0.0499 e. The van der Waals surface area contributed by atoms with Crippen LogP contribution in [0.5, 0.6) is 0 Å². The molecule has 0 aromatic rings. The zero-order chi connectivity index (χ0) is 9.73. The molecule has 1 fully saturated rings. The van der Waals surface area contributed by atoms with Gasteiger partial charge in [0.1, 0.15) is 0 Å². The predicted molar refractivity (Wildman–Crippen MR) is 59.2 cm³/mol. The number of rotatable bonds is 6. The van der Waals surface area contributed by atoms with Crippen LogP contribution < -0.4 is 5.32 Å². The molecule has 2 N–H and O–H groups in total. The molecule has 0 amide bonds. The highest BCUT2D eigenvalue weighted by Gasteiger charge is 2.27. The summed E-state index contributed by atoms with van der Waals surface area (Å²) in [7, 11) is 0. The van der Waals surface area contributed by atoms with Crippen LogP contribution in [0, 0.1) is 5.41 Å². The zero-order valence-electron chi connectivity index (χ0n) is 8.68. The molecule has 1 heterocycles. The number of nitrogens with one attached hydrogen (secondary N) is 1. The molecule has 0 unspecified atom stereocenters. The standard InChI is InChI=1S/C10H21NOS/c1-3-10(4-2,8-12)7-11-9-5-13-6-9/h9,11-12H,3-8H2,1-2H3. The number of hydrogen-bond acceptors (Lipinski definition) is 3. The third-order valence-corrected chi connectivity index (χ3v) is 4.52. The molecule has 2 nitrogen and oxygen atoms in total. The predicted octanol–water partition coefficient (Wildman–Crippen LogP) is 1.49. The van der Waals surface area contributed by atoms with Gasteiger partial charge in [0, 0.05) is 36.1 Å². The Morgan fingerprint density at radius 1 is 1.38 bits per heavy atom. The van der Waals surface area contributed by atoms with E-state index >= 15 is 0 Å². The topological polar surface area (TPSA) is 32.3 Å². The minimum absolute atomic E-state index is 0.125. The van der Waals surface area contributed by atoms with E-state index in [1.807, 2.05) is 11.8 Å². The maximum atomic E-state index is 9.33. The summed E-state index contributed by atoms with van der Waals surface area (Å²) in [6.07, 6.45) is 2.12. The van der Waals surface area contributed by atoms with Crippen molar-refractivity contribution in [3.8, 4) is 0 Å². The molecule has 78 valence electrons. The SMILES string of the molecule is CCC(CC)(CO)CNC1CSC1. The minimum atomic E-state index is 0.125. The van der Waals surface area contributed by atoms with Crippen LogP contribution in [-0.4, -0.2) is 35.8 Å². The molecule has 1 aliphatic rings. The van der Waals surface area contributed by atoms with Gasteiger partial charge in [-0.1, -0.05) is 13.8 Å². The van der Waals surface area contributed by atoms with Gasteiger partial charge in [0.25, 0.3) is 0 Å². The molecule has 1 rings (SSSR count). The lowest BCUT2D eigenvalue weighted by Gasteiger charge is -2.34. The second-order valence-electron chi connectivity index (χ2n) is 3.98. The first-order valence-corrected chi connectivity index (χ1v) is 6.34. The van der Waals surface area contributed by atoms with Gasteiger partial charge < -0.3 is 10.4 Å². The fourth-order valence-corrected chi connectivity index (χ4v) is 2.20. The fourth-order valence-electron chi connectivity index (χ4n) is 1.49. The molecule has 3 heteroatoms. The molecular weight excluding hydrogens is 182 g/mol. The lowest BCUT2D eigenvalue weighted by Crippen LogP contribution is -2.47. The van der Waals surface area contributed by atoms with Crippen LogP contribution in [0.15, 0.2) is 0 Å². The highest BCUT2D eigenvalue weighted by molar-refractivity contribution is 8.00. The van der Waals surface area contributed by atoms with E-state index in [2.05, 4.69) is 19.2 Å². The van der Waals surface area contributed by atoms with Crippen molar-refractivity contribution in [2.75, 3.05) is 24.7 Å². The van der Waals surface area contributed by atoms with Crippen molar-refractivity contribution in [1.29, 1.82) is 0 Å². The summed E-state index contributed by atoms with van der Waals surface area (Å²) < 4.78 is 0. The highest BCUT2D eigenvalue weighted by Crippen LogP contribution is 2.26. The van der Waals surface area contributed by atoms with Crippen LogP contribution in [0.4, 0.5) is 0 Å². The lowest BCUT2D eigenvalue weighted by molar-refractivity contribution is 0.111. The minimum Gasteiger partial charge on any atom is -0.396 e. The van der Waals surface area contributed by atoms with Gasteiger partial charge in [0.2, 0.25) is 0 Å². The quantitative estimate of drug-likeness (QED) is 0.686. The van der Waals surface area contributed by atoms with Crippen LogP contribution in [-0.2, 0) is 0 Å². The maximum absolute atomic E-state index is 9.33. The molecule has 0 aromatic heterocycles. The van der Waals surface area contributed by atoms with E-state index in [9.17, 15) is 5.11 Å². The van der Waals surface area contributed by atoms with Gasteiger partial charge in [-0.3, -0.25) is 0 Å². The van der Waals surface area contributed by atoms with Crippen LogP contribution in [0.1, 0.15) is 26.7 Å². The van der Waals surface area contributed by atoms with Gasteiger partial charge >= 0.3 is 0 Å². The van der Waals surface area contributed by atoms with E-state index in [0.717, 1.165) is 19.4 Å². The van der Waals surface area contributed by atoms with Gasteiger partial charge in [-0.05, 0) is 12.8 Å². The van der Waals surface area contributed by atoms with Crippen molar-refractivity contribution >= 4 is 11.8 Å². The van der Waals surface area contributed by atoms with Gasteiger partial charge in [-0.15, -0.1) is 0 Å². The Bertz CT molecular complexity index is 136. The van der Waals surface area contributed by atoms with Crippen molar-refractivity contribution in [2.45, 2.75) is 32.7 Å². The van der Waals surface area contributed by atoms with Crippen molar-refractivity contribution in [3.63, 3.8) is 0 Å². The van der Waals surface area contributed by atoms with Crippen molar-refractivity contribution in [2.24, 2.45) is 5.41 Å². The van der Waals surface area contributed by atoms with E-state index in [4.69, 9.17) is 0 Å². The maximum Gasteiger partial charge on any atom is 0.0499 e. The molecule has 1 saturated heterocycles. The molecule has 0 atom stereocenters. The van der Waals surface area contributed by atoms with E-state index in [-0.39, 0.29) is 5.41 Å². The molecular formula is C10H21NOS. The molecule has 0 saturated carbocycles. The van der Waals surface area contributed by atoms with Crippen molar-refractivity contribution < 1.29 is 5.11 Å². The van der Waals surface area contributed by atoms with Gasteiger partial charge in [-0.2, -0.15) is 11.8 Å². The fraction of sp³-hybridized carbons (Fsp3) is 1.00. The Balaban J connectivity index is 2.27. The Morgan fingerprint density at radius 2 is 2.00 bits per heavy atom. The summed E-state index contributed by atoms with van der Waals surface area (Å²) in [5.74, 6) is 2.49. The van der Waals surface area contributed by atoms with Crippen molar-refractivity contribution in [3.05, 3.63) is 0 Å². The van der Waals surface area contributed by atoms with Crippen LogP contribution in [0.2, 0.25) is 0 Å². The second-order valence-corrected chi connectivity index (χ2v) is 5.06. The first-order valence-electron chi connectivity index (χ1n) is 5.18. The molecule has 0 spiro atoms. The normalized spacial score (nSPS) is 18.7. The summed E-state index contributed by atoms with van der Waals surface area (Å²) in [6, 6.07) is 0.703. The molecule has 13 heavy (non-hydrogen) atoms. The summed E-state index contributed by atoms with van der Waals surface area (Å²) in [5.41, 5.74) is 0.125. The summed E-state index contributed by atoms with van der Waals surface area (Å²) in [4.78, 5) is 0. The lowest BCUT2D eigenvalue weighted by atomic mass is 9.83. The van der Waals surface area contributed by atoms with E-state index in [0.29, 0.717) is 12.6 Å². The summed E-state index contributed by atoms with van der Waals surface area (Å²) >= 11 is 1.99. The Labute approximate surface area is 85.5 Å². The Hall–Kier alpha value is 0.270. The van der Waals surface area contributed by atoms with E-state index < -0.39 is 0 Å². The monoisotopic (exact) mass is 203 g/mol. The Morgan fingerprint density at radius 3 is 2.31 bits per heavy atom. The number of hydrogen-bond donors (Lipinski definition) is 2.